The third kappa shape index (κ3) is 4.27. The fraction of sp³-hybridized carbons (Fsp3) is 0.538. The lowest BCUT2D eigenvalue weighted by Gasteiger charge is -2.31. The average molecular weight is 443 g/mol. The number of aliphatic hydroxyl groups excluding tert-OH is 1. The number of hydrogen-bond donors (Lipinski definition) is 1. The molecule has 1 aliphatic heterocycles. The highest BCUT2D eigenvalue weighted by Gasteiger charge is 2.31. The zero-order valence-electron chi connectivity index (χ0n) is 11.3. The van der Waals surface area contributed by atoms with E-state index in [1.807, 2.05) is 0 Å². The van der Waals surface area contributed by atoms with Gasteiger partial charge in [0.2, 0.25) is 10.0 Å². The number of nitrogens with zero attached hydrogens (tertiary/aromatic N) is 1. The van der Waals surface area contributed by atoms with Crippen LogP contribution in [-0.2, 0) is 14.8 Å². The number of halogens is 2. The van der Waals surface area contributed by atoms with E-state index in [9.17, 15) is 8.42 Å². The molecule has 8 heteroatoms. The second kappa shape index (κ2) is 7.52. The quantitative estimate of drug-likeness (QED) is 0.760. The van der Waals surface area contributed by atoms with Crippen LogP contribution in [0.3, 0.4) is 0 Å². The monoisotopic (exact) mass is 441 g/mol. The van der Waals surface area contributed by atoms with Gasteiger partial charge in [-0.3, -0.25) is 0 Å². The van der Waals surface area contributed by atoms with Crippen LogP contribution in [0.25, 0.3) is 0 Å². The van der Waals surface area contributed by atoms with Crippen molar-refractivity contribution in [2.45, 2.75) is 23.8 Å². The molecular weight excluding hydrogens is 426 g/mol. The molecule has 21 heavy (non-hydrogen) atoms. The number of benzene rings is 1. The van der Waals surface area contributed by atoms with Gasteiger partial charge in [-0.25, -0.2) is 8.42 Å². The van der Waals surface area contributed by atoms with Gasteiger partial charge in [-0.2, -0.15) is 4.31 Å². The molecule has 1 N–H and O–H groups in total. The zero-order valence-corrected chi connectivity index (χ0v) is 15.3. The van der Waals surface area contributed by atoms with Gasteiger partial charge in [0.05, 0.1) is 24.2 Å². The van der Waals surface area contributed by atoms with Crippen LogP contribution in [0.15, 0.2) is 32.0 Å². The topological polar surface area (TPSA) is 66.8 Å². The van der Waals surface area contributed by atoms with Gasteiger partial charge in [-0.15, -0.1) is 0 Å². The van der Waals surface area contributed by atoms with E-state index in [0.717, 1.165) is 4.47 Å². The minimum Gasteiger partial charge on any atom is -0.394 e. The van der Waals surface area contributed by atoms with Crippen LogP contribution >= 0.6 is 31.9 Å². The Balaban J connectivity index is 2.10. The SMILES string of the molecule is O=S(=O)(c1cc(Br)ccc1Br)N1CCC(OCCO)CC1. The van der Waals surface area contributed by atoms with Gasteiger partial charge in [0, 0.05) is 22.0 Å². The van der Waals surface area contributed by atoms with Crippen molar-refractivity contribution in [1.29, 1.82) is 0 Å². The van der Waals surface area contributed by atoms with Gasteiger partial charge in [0.15, 0.2) is 0 Å². The highest BCUT2D eigenvalue weighted by Crippen LogP contribution is 2.30. The number of piperidine rings is 1. The fourth-order valence-electron chi connectivity index (χ4n) is 2.27. The summed E-state index contributed by atoms with van der Waals surface area (Å²) in [6, 6.07) is 5.11. The van der Waals surface area contributed by atoms with E-state index in [0.29, 0.717) is 37.0 Å². The summed E-state index contributed by atoms with van der Waals surface area (Å²) < 4.78 is 33.6. The number of rotatable bonds is 5. The first-order valence-electron chi connectivity index (χ1n) is 6.63. The lowest BCUT2D eigenvalue weighted by atomic mass is 10.1. The average Bonchev–Trinajstić information content (AvgIpc) is 2.48. The fourth-order valence-corrected chi connectivity index (χ4v) is 5.21. The van der Waals surface area contributed by atoms with E-state index >= 15 is 0 Å². The Bertz CT molecular complexity index is 586. The van der Waals surface area contributed by atoms with Crippen LogP contribution in [0.2, 0.25) is 0 Å². The second-order valence-electron chi connectivity index (χ2n) is 4.77. The van der Waals surface area contributed by atoms with Gasteiger partial charge >= 0.3 is 0 Å². The van der Waals surface area contributed by atoms with Crippen molar-refractivity contribution >= 4 is 41.9 Å². The lowest BCUT2D eigenvalue weighted by Crippen LogP contribution is -2.41. The van der Waals surface area contributed by atoms with E-state index in [4.69, 9.17) is 9.84 Å². The molecule has 5 nitrogen and oxygen atoms in total. The first-order chi connectivity index (χ1) is 9.95. The van der Waals surface area contributed by atoms with Gasteiger partial charge in [-0.1, -0.05) is 15.9 Å². The third-order valence-corrected chi connectivity index (χ3v) is 6.74. The van der Waals surface area contributed by atoms with Crippen molar-refractivity contribution in [2.75, 3.05) is 26.3 Å². The minimum absolute atomic E-state index is 0.0104. The Kier molecular flexibility index (Phi) is 6.22. The molecule has 1 heterocycles. The molecule has 0 unspecified atom stereocenters. The van der Waals surface area contributed by atoms with E-state index < -0.39 is 10.0 Å². The summed E-state index contributed by atoms with van der Waals surface area (Å²) >= 11 is 6.60. The summed E-state index contributed by atoms with van der Waals surface area (Å²) in [7, 11) is -3.51. The van der Waals surface area contributed by atoms with Gasteiger partial charge in [-0.05, 0) is 47.0 Å². The molecule has 0 saturated carbocycles. The lowest BCUT2D eigenvalue weighted by molar-refractivity contribution is 0.00318. The molecule has 0 atom stereocenters. The maximum absolute atomic E-state index is 12.7. The molecule has 0 amide bonds. The Morgan fingerprint density at radius 3 is 2.57 bits per heavy atom. The standard InChI is InChI=1S/C13H17Br2NO4S/c14-10-1-2-12(15)13(9-10)21(18,19)16-5-3-11(4-6-16)20-8-7-17/h1-2,9,11,17H,3-8H2. The first kappa shape index (κ1) is 17.4. The maximum atomic E-state index is 12.7. The van der Waals surface area contributed by atoms with Crippen LogP contribution in [-0.4, -0.2) is 50.2 Å². The number of ether oxygens (including phenoxy) is 1. The molecule has 118 valence electrons. The van der Waals surface area contributed by atoms with E-state index in [1.165, 1.54) is 4.31 Å². The van der Waals surface area contributed by atoms with E-state index in [1.54, 1.807) is 18.2 Å². The first-order valence-corrected chi connectivity index (χ1v) is 9.65. The Labute approximate surface area is 141 Å². The summed E-state index contributed by atoms with van der Waals surface area (Å²) in [6.45, 7) is 1.15. The summed E-state index contributed by atoms with van der Waals surface area (Å²) in [5, 5.41) is 8.74. The highest BCUT2D eigenvalue weighted by molar-refractivity contribution is 9.11. The molecule has 0 bridgehead atoms. The van der Waals surface area contributed by atoms with Crippen LogP contribution in [0.5, 0.6) is 0 Å². The summed E-state index contributed by atoms with van der Waals surface area (Å²) in [5.74, 6) is 0. The van der Waals surface area contributed by atoms with Crippen LogP contribution < -0.4 is 0 Å². The van der Waals surface area contributed by atoms with Crippen LogP contribution in [0.4, 0.5) is 0 Å². The van der Waals surface area contributed by atoms with Crippen molar-refractivity contribution in [3.8, 4) is 0 Å². The predicted octanol–water partition coefficient (Wildman–Crippen LogP) is 2.37. The smallest absolute Gasteiger partial charge is 0.244 e. The Morgan fingerprint density at radius 1 is 1.29 bits per heavy atom. The molecule has 0 aliphatic carbocycles. The normalized spacial score (nSPS) is 18.0. The van der Waals surface area contributed by atoms with Gasteiger partial charge in [0.1, 0.15) is 0 Å². The van der Waals surface area contributed by atoms with Crippen LogP contribution in [0, 0.1) is 0 Å². The molecule has 0 radical (unpaired) electrons. The van der Waals surface area contributed by atoms with Crippen LogP contribution in [0.1, 0.15) is 12.8 Å². The van der Waals surface area contributed by atoms with E-state index in [-0.39, 0.29) is 17.6 Å². The molecule has 1 fully saturated rings. The number of aliphatic hydroxyl groups is 1. The van der Waals surface area contributed by atoms with Crippen molar-refractivity contribution < 1.29 is 18.3 Å². The molecule has 0 spiro atoms. The number of hydrogen-bond acceptors (Lipinski definition) is 4. The molecule has 2 rings (SSSR count). The van der Waals surface area contributed by atoms with Gasteiger partial charge < -0.3 is 9.84 Å². The highest BCUT2D eigenvalue weighted by atomic mass is 79.9. The zero-order chi connectivity index (χ0) is 15.5. The molecule has 0 aromatic heterocycles. The molecule has 1 aromatic carbocycles. The summed E-state index contributed by atoms with van der Waals surface area (Å²) in [4.78, 5) is 0.270. The van der Waals surface area contributed by atoms with Gasteiger partial charge in [0.25, 0.3) is 0 Å². The Morgan fingerprint density at radius 2 is 1.95 bits per heavy atom. The summed E-state index contributed by atoms with van der Waals surface area (Å²) in [6.07, 6.45) is 1.31. The van der Waals surface area contributed by atoms with Crippen molar-refractivity contribution in [2.24, 2.45) is 0 Å². The van der Waals surface area contributed by atoms with Crippen molar-refractivity contribution in [3.05, 3.63) is 27.1 Å². The minimum atomic E-state index is -3.51. The van der Waals surface area contributed by atoms with Crippen molar-refractivity contribution in [1.82, 2.24) is 4.31 Å². The third-order valence-electron chi connectivity index (χ3n) is 3.36. The second-order valence-corrected chi connectivity index (χ2v) is 8.45. The largest absolute Gasteiger partial charge is 0.394 e. The Hall–Kier alpha value is 0.01000. The van der Waals surface area contributed by atoms with E-state index in [2.05, 4.69) is 31.9 Å². The molecule has 1 aliphatic rings. The van der Waals surface area contributed by atoms with Crippen molar-refractivity contribution in [3.63, 3.8) is 0 Å². The summed E-state index contributed by atoms with van der Waals surface area (Å²) in [5.41, 5.74) is 0. The molecular formula is C13H17Br2NO4S. The molecule has 1 saturated heterocycles. The number of sulfonamides is 1. The predicted molar refractivity (Wildman–Crippen MR) is 86.7 cm³/mol. The molecule has 1 aromatic rings. The maximum Gasteiger partial charge on any atom is 0.244 e.